The van der Waals surface area contributed by atoms with Crippen molar-refractivity contribution in [2.45, 2.75) is 31.0 Å². The fraction of sp³-hybridized carbons (Fsp3) is 0.875. The first kappa shape index (κ1) is 9.64. The van der Waals surface area contributed by atoms with E-state index < -0.39 is 11.7 Å². The summed E-state index contributed by atoms with van der Waals surface area (Å²) in [5.41, 5.74) is -0.831. The highest BCUT2D eigenvalue weighted by Crippen LogP contribution is 2.28. The highest BCUT2D eigenvalue weighted by Gasteiger charge is 2.36. The fourth-order valence-electron chi connectivity index (χ4n) is 1.48. The molecule has 1 fully saturated rings. The summed E-state index contributed by atoms with van der Waals surface area (Å²) in [6, 6.07) is 0. The van der Waals surface area contributed by atoms with Crippen molar-refractivity contribution < 1.29 is 19.7 Å². The molecule has 70 valence electrons. The number of aldehydes is 1. The van der Waals surface area contributed by atoms with Crippen LogP contribution in [0, 0.1) is 0 Å². The van der Waals surface area contributed by atoms with Gasteiger partial charge < -0.3 is 19.7 Å². The van der Waals surface area contributed by atoms with Crippen LogP contribution in [0.1, 0.15) is 19.3 Å². The monoisotopic (exact) mass is 174 g/mol. The van der Waals surface area contributed by atoms with Gasteiger partial charge in [0.05, 0.1) is 12.7 Å². The minimum Gasteiger partial charge on any atom is -0.394 e. The van der Waals surface area contributed by atoms with Crippen LogP contribution in [-0.2, 0) is 9.53 Å². The van der Waals surface area contributed by atoms with Crippen LogP contribution in [0.15, 0.2) is 0 Å². The molecule has 1 aliphatic heterocycles. The van der Waals surface area contributed by atoms with Crippen molar-refractivity contribution in [3.05, 3.63) is 0 Å². The molecule has 4 nitrogen and oxygen atoms in total. The molecule has 1 aliphatic rings. The Morgan fingerprint density at radius 1 is 1.67 bits per heavy atom. The van der Waals surface area contributed by atoms with E-state index in [1.54, 1.807) is 0 Å². The number of rotatable bonds is 4. The number of hydrogen-bond acceptors (Lipinski definition) is 4. The molecule has 0 radical (unpaired) electrons. The lowest BCUT2D eigenvalue weighted by Gasteiger charge is -2.23. The minimum atomic E-state index is -0.853. The molecule has 0 bridgehead atoms. The van der Waals surface area contributed by atoms with E-state index in [-0.39, 0.29) is 13.0 Å². The van der Waals surface area contributed by atoms with Gasteiger partial charge in [0.2, 0.25) is 0 Å². The van der Waals surface area contributed by atoms with E-state index in [1.807, 2.05) is 0 Å². The van der Waals surface area contributed by atoms with Crippen LogP contribution in [0.25, 0.3) is 0 Å². The summed E-state index contributed by atoms with van der Waals surface area (Å²) in [5.74, 6) is 0. The molecular weight excluding hydrogens is 160 g/mol. The number of hydrogen-bond donors (Lipinski definition) is 2. The second-order valence-corrected chi connectivity index (χ2v) is 3.18. The molecule has 0 aromatic carbocycles. The third-order valence-electron chi connectivity index (χ3n) is 2.14. The summed E-state index contributed by atoms with van der Waals surface area (Å²) in [6.45, 7) is 0.246. The van der Waals surface area contributed by atoms with Gasteiger partial charge in [0.15, 0.2) is 6.29 Å². The summed E-state index contributed by atoms with van der Waals surface area (Å²) < 4.78 is 5.22. The van der Waals surface area contributed by atoms with Crippen LogP contribution in [0.5, 0.6) is 0 Å². The van der Waals surface area contributed by atoms with Crippen LogP contribution in [0.3, 0.4) is 0 Å². The highest BCUT2D eigenvalue weighted by atomic mass is 16.5. The van der Waals surface area contributed by atoms with Gasteiger partial charge in [0.25, 0.3) is 0 Å². The smallest absolute Gasteiger partial charge is 0.151 e. The van der Waals surface area contributed by atoms with Gasteiger partial charge in [0.1, 0.15) is 5.60 Å². The van der Waals surface area contributed by atoms with Gasteiger partial charge in [-0.3, -0.25) is 0 Å². The fourth-order valence-corrected chi connectivity index (χ4v) is 1.48. The molecule has 0 aliphatic carbocycles. The lowest BCUT2D eigenvalue weighted by atomic mass is 9.95. The van der Waals surface area contributed by atoms with Gasteiger partial charge in [-0.25, -0.2) is 0 Å². The molecule has 2 atom stereocenters. The second kappa shape index (κ2) is 3.98. The number of aliphatic hydroxyl groups is 2. The summed E-state index contributed by atoms with van der Waals surface area (Å²) in [5, 5.41) is 17.7. The minimum absolute atomic E-state index is 0.201. The van der Waals surface area contributed by atoms with Crippen LogP contribution in [-0.4, -0.2) is 41.4 Å². The number of carbonyl (C=O) groups is 1. The zero-order valence-electron chi connectivity index (χ0n) is 6.90. The Hall–Kier alpha value is -0.450. The molecule has 0 spiro atoms. The van der Waals surface area contributed by atoms with Crippen molar-refractivity contribution in [2.24, 2.45) is 0 Å². The van der Waals surface area contributed by atoms with Crippen LogP contribution in [0.4, 0.5) is 0 Å². The van der Waals surface area contributed by atoms with E-state index in [9.17, 15) is 4.79 Å². The van der Waals surface area contributed by atoms with Gasteiger partial charge in [-0.1, -0.05) is 0 Å². The maximum Gasteiger partial charge on any atom is 0.151 e. The molecule has 0 amide bonds. The quantitative estimate of drug-likeness (QED) is 0.563. The van der Waals surface area contributed by atoms with Gasteiger partial charge in [0, 0.05) is 13.0 Å². The summed E-state index contributed by atoms with van der Waals surface area (Å²) >= 11 is 0. The molecule has 0 saturated carbocycles. The zero-order chi connectivity index (χ0) is 9.03. The third-order valence-corrected chi connectivity index (χ3v) is 2.14. The molecule has 2 unspecified atom stereocenters. The second-order valence-electron chi connectivity index (χ2n) is 3.18. The SMILES string of the molecule is O=CC1(CC(O)CO)CCCO1. The van der Waals surface area contributed by atoms with Crippen molar-refractivity contribution >= 4 is 6.29 Å². The van der Waals surface area contributed by atoms with Crippen molar-refractivity contribution in [2.75, 3.05) is 13.2 Å². The lowest BCUT2D eigenvalue weighted by molar-refractivity contribution is -0.129. The summed E-state index contributed by atoms with van der Waals surface area (Å²) in [4.78, 5) is 10.7. The predicted octanol–water partition coefficient (Wildman–Crippen LogP) is -0.522. The van der Waals surface area contributed by atoms with Gasteiger partial charge >= 0.3 is 0 Å². The third kappa shape index (κ3) is 2.03. The van der Waals surface area contributed by atoms with Gasteiger partial charge in [-0.2, -0.15) is 0 Å². The molecule has 2 N–H and O–H groups in total. The van der Waals surface area contributed by atoms with E-state index >= 15 is 0 Å². The average Bonchev–Trinajstić information content (AvgIpc) is 2.54. The molecule has 0 aromatic rings. The van der Waals surface area contributed by atoms with E-state index in [2.05, 4.69) is 0 Å². The largest absolute Gasteiger partial charge is 0.394 e. The molecule has 0 aromatic heterocycles. The molecule has 1 saturated heterocycles. The Morgan fingerprint density at radius 2 is 2.42 bits per heavy atom. The van der Waals surface area contributed by atoms with E-state index in [4.69, 9.17) is 14.9 Å². The normalized spacial score (nSPS) is 31.8. The topological polar surface area (TPSA) is 66.8 Å². The Bertz CT molecular complexity index is 151. The predicted molar refractivity (Wildman–Crippen MR) is 41.7 cm³/mol. The summed E-state index contributed by atoms with van der Waals surface area (Å²) in [7, 11) is 0. The molecule has 1 rings (SSSR count). The number of ether oxygens (including phenoxy) is 1. The van der Waals surface area contributed by atoms with E-state index in [0.29, 0.717) is 13.0 Å². The van der Waals surface area contributed by atoms with E-state index in [1.165, 1.54) is 0 Å². The van der Waals surface area contributed by atoms with Gasteiger partial charge in [-0.05, 0) is 12.8 Å². The van der Waals surface area contributed by atoms with Crippen LogP contribution in [0.2, 0.25) is 0 Å². The van der Waals surface area contributed by atoms with Crippen molar-refractivity contribution in [3.8, 4) is 0 Å². The first-order valence-electron chi connectivity index (χ1n) is 4.12. The Balaban J connectivity index is 2.49. The van der Waals surface area contributed by atoms with E-state index in [0.717, 1.165) is 12.7 Å². The summed E-state index contributed by atoms with van der Waals surface area (Å²) in [6.07, 6.45) is 1.57. The Morgan fingerprint density at radius 3 is 2.83 bits per heavy atom. The van der Waals surface area contributed by atoms with Gasteiger partial charge in [-0.15, -0.1) is 0 Å². The maximum absolute atomic E-state index is 10.7. The Labute approximate surface area is 71.2 Å². The van der Waals surface area contributed by atoms with Crippen LogP contribution >= 0.6 is 0 Å². The number of carbonyl (C=O) groups excluding carboxylic acids is 1. The van der Waals surface area contributed by atoms with Crippen molar-refractivity contribution in [3.63, 3.8) is 0 Å². The highest BCUT2D eigenvalue weighted by molar-refractivity contribution is 5.63. The van der Waals surface area contributed by atoms with Crippen molar-refractivity contribution in [1.29, 1.82) is 0 Å². The molecular formula is C8H14O4. The molecule has 1 heterocycles. The standard InChI is InChI=1S/C8H14O4/c9-5-7(11)4-8(6-10)2-1-3-12-8/h6-7,9,11H,1-5H2. The Kier molecular flexibility index (Phi) is 3.20. The number of aliphatic hydroxyl groups excluding tert-OH is 2. The zero-order valence-corrected chi connectivity index (χ0v) is 6.90. The molecule has 12 heavy (non-hydrogen) atoms. The first-order valence-corrected chi connectivity index (χ1v) is 4.12. The molecule has 4 heteroatoms. The van der Waals surface area contributed by atoms with Crippen LogP contribution < -0.4 is 0 Å². The van der Waals surface area contributed by atoms with Crippen molar-refractivity contribution in [1.82, 2.24) is 0 Å². The lowest BCUT2D eigenvalue weighted by Crippen LogP contribution is -2.35. The maximum atomic E-state index is 10.7. The average molecular weight is 174 g/mol. The first-order chi connectivity index (χ1) is 5.72.